The van der Waals surface area contributed by atoms with Crippen LogP contribution < -0.4 is 0 Å². The minimum atomic E-state index is -0.776. The second-order valence-electron chi connectivity index (χ2n) is 7.92. The Morgan fingerprint density at radius 3 is 2.42 bits per heavy atom. The predicted molar refractivity (Wildman–Crippen MR) is 119 cm³/mol. The van der Waals surface area contributed by atoms with Gasteiger partial charge in [-0.2, -0.15) is 0 Å². The Hall–Kier alpha value is -2.74. The molecule has 8 heteroatoms. The highest BCUT2D eigenvalue weighted by Gasteiger charge is 2.19. The summed E-state index contributed by atoms with van der Waals surface area (Å²) in [6, 6.07) is 11.7. The van der Waals surface area contributed by atoms with E-state index in [9.17, 15) is 14.0 Å². The highest BCUT2D eigenvalue weighted by atomic mass is 32.2. The number of thioether (sulfide) groups is 1. The van der Waals surface area contributed by atoms with Crippen LogP contribution in [0.1, 0.15) is 49.2 Å². The smallest absolute Gasteiger partial charge is 0.191 e. The van der Waals surface area contributed by atoms with Gasteiger partial charge < -0.3 is 9.77 Å². The van der Waals surface area contributed by atoms with Crippen LogP contribution in [-0.2, 0) is 13.5 Å². The standard InChI is InChI=1S/C23H26F2N4OS/c1-14(2)11-16-5-7-17(8-6-16)15(3)22-26-27-23(29(22)4)31-13-21(28-30)19-10-9-18(24)12-20(19)25/h5-10,12,14-15,30H,11,13H2,1-4H3/b28-21+. The quantitative estimate of drug-likeness (QED) is 0.218. The number of oxime groups is 1. The summed E-state index contributed by atoms with van der Waals surface area (Å²) < 4.78 is 29.0. The molecule has 5 nitrogen and oxygen atoms in total. The predicted octanol–water partition coefficient (Wildman–Crippen LogP) is 5.41. The Labute approximate surface area is 185 Å². The molecule has 0 saturated heterocycles. The Morgan fingerprint density at radius 2 is 1.81 bits per heavy atom. The van der Waals surface area contributed by atoms with Crippen LogP contribution >= 0.6 is 11.8 Å². The number of rotatable bonds is 8. The molecule has 1 atom stereocenters. The number of hydrogen-bond acceptors (Lipinski definition) is 5. The van der Waals surface area contributed by atoms with Gasteiger partial charge in [-0.25, -0.2) is 8.78 Å². The maximum atomic E-state index is 14.0. The van der Waals surface area contributed by atoms with E-state index in [0.29, 0.717) is 11.1 Å². The molecular formula is C23H26F2N4OS. The van der Waals surface area contributed by atoms with Crippen LogP contribution in [0.15, 0.2) is 52.8 Å². The number of aromatic nitrogens is 3. The molecule has 1 heterocycles. The summed E-state index contributed by atoms with van der Waals surface area (Å²) in [5.74, 6) is 0.146. The number of benzene rings is 2. The van der Waals surface area contributed by atoms with E-state index < -0.39 is 11.6 Å². The van der Waals surface area contributed by atoms with Crippen molar-refractivity contribution < 1.29 is 14.0 Å². The molecule has 0 aliphatic heterocycles. The number of halogens is 2. The van der Waals surface area contributed by atoms with Crippen molar-refractivity contribution in [1.29, 1.82) is 0 Å². The van der Waals surface area contributed by atoms with Crippen LogP contribution in [0.4, 0.5) is 8.78 Å². The first-order valence-electron chi connectivity index (χ1n) is 10.1. The van der Waals surface area contributed by atoms with Gasteiger partial charge in [0.05, 0.1) is 0 Å². The van der Waals surface area contributed by atoms with Gasteiger partial charge >= 0.3 is 0 Å². The maximum Gasteiger partial charge on any atom is 0.191 e. The summed E-state index contributed by atoms with van der Waals surface area (Å²) in [4.78, 5) is 0. The first-order chi connectivity index (χ1) is 14.8. The zero-order valence-corrected chi connectivity index (χ0v) is 18.8. The lowest BCUT2D eigenvalue weighted by Gasteiger charge is -2.13. The van der Waals surface area contributed by atoms with Gasteiger partial charge in [0, 0.05) is 30.3 Å². The lowest BCUT2D eigenvalue weighted by atomic mass is 9.96. The van der Waals surface area contributed by atoms with Crippen molar-refractivity contribution in [2.75, 3.05) is 5.75 Å². The Kier molecular flexibility index (Phi) is 7.43. The molecule has 1 aromatic heterocycles. The average Bonchev–Trinajstić information content (AvgIpc) is 3.09. The van der Waals surface area contributed by atoms with Gasteiger partial charge in [0.2, 0.25) is 0 Å². The summed E-state index contributed by atoms with van der Waals surface area (Å²) in [5, 5.41) is 21.7. The van der Waals surface area contributed by atoms with Gasteiger partial charge in [0.1, 0.15) is 23.2 Å². The van der Waals surface area contributed by atoms with Crippen LogP contribution in [0.5, 0.6) is 0 Å². The lowest BCUT2D eigenvalue weighted by molar-refractivity contribution is 0.319. The molecule has 0 radical (unpaired) electrons. The highest BCUT2D eigenvalue weighted by Crippen LogP contribution is 2.27. The Balaban J connectivity index is 1.72. The summed E-state index contributed by atoms with van der Waals surface area (Å²) in [5.41, 5.74) is 2.60. The van der Waals surface area contributed by atoms with E-state index in [2.05, 4.69) is 60.4 Å². The molecule has 31 heavy (non-hydrogen) atoms. The van der Waals surface area contributed by atoms with Gasteiger partial charge in [-0.15, -0.1) is 10.2 Å². The molecule has 0 spiro atoms. The zero-order valence-electron chi connectivity index (χ0n) is 18.0. The third-order valence-electron chi connectivity index (χ3n) is 5.08. The molecule has 0 bridgehead atoms. The monoisotopic (exact) mass is 444 g/mol. The molecule has 0 aliphatic carbocycles. The molecule has 164 valence electrons. The van der Waals surface area contributed by atoms with Gasteiger partial charge in [0.25, 0.3) is 0 Å². The van der Waals surface area contributed by atoms with Crippen molar-refractivity contribution in [2.24, 2.45) is 18.1 Å². The highest BCUT2D eigenvalue weighted by molar-refractivity contribution is 7.99. The molecule has 0 amide bonds. The topological polar surface area (TPSA) is 63.3 Å². The molecule has 0 fully saturated rings. The molecule has 0 aliphatic rings. The van der Waals surface area contributed by atoms with E-state index in [1.54, 1.807) is 0 Å². The van der Waals surface area contributed by atoms with Crippen LogP contribution in [0, 0.1) is 17.6 Å². The largest absolute Gasteiger partial charge is 0.411 e. The third kappa shape index (κ3) is 5.50. The van der Waals surface area contributed by atoms with Crippen LogP contribution in [0.3, 0.4) is 0 Å². The minimum Gasteiger partial charge on any atom is -0.411 e. The fourth-order valence-electron chi connectivity index (χ4n) is 3.41. The van der Waals surface area contributed by atoms with Crippen molar-refractivity contribution in [1.82, 2.24) is 14.8 Å². The van der Waals surface area contributed by atoms with Gasteiger partial charge in [-0.05, 0) is 35.6 Å². The molecule has 1 N–H and O–H groups in total. The first-order valence-corrected chi connectivity index (χ1v) is 11.1. The summed E-state index contributed by atoms with van der Waals surface area (Å²) >= 11 is 1.27. The van der Waals surface area contributed by atoms with Crippen molar-refractivity contribution in [2.45, 2.75) is 38.3 Å². The van der Waals surface area contributed by atoms with Crippen molar-refractivity contribution in [3.05, 3.63) is 76.6 Å². The van der Waals surface area contributed by atoms with E-state index in [-0.39, 0.29) is 22.9 Å². The molecule has 2 aromatic carbocycles. The zero-order chi connectivity index (χ0) is 22.5. The fraction of sp³-hybridized carbons (Fsp3) is 0.348. The first kappa shape index (κ1) is 22.9. The molecule has 3 rings (SSSR count). The second kappa shape index (κ2) is 10.0. The summed E-state index contributed by atoms with van der Waals surface area (Å²) in [6.07, 6.45) is 1.04. The van der Waals surface area contributed by atoms with Gasteiger partial charge in [0.15, 0.2) is 5.16 Å². The average molecular weight is 445 g/mol. The van der Waals surface area contributed by atoms with Crippen molar-refractivity contribution >= 4 is 17.5 Å². The number of nitrogens with zero attached hydrogens (tertiary/aromatic N) is 4. The van der Waals surface area contributed by atoms with Crippen LogP contribution in [0.2, 0.25) is 0 Å². The van der Waals surface area contributed by atoms with Crippen molar-refractivity contribution in [3.8, 4) is 0 Å². The molecule has 1 unspecified atom stereocenters. The van der Waals surface area contributed by atoms with E-state index in [0.717, 1.165) is 29.9 Å². The normalized spacial score (nSPS) is 13.1. The molecule has 3 aromatic rings. The van der Waals surface area contributed by atoms with E-state index >= 15 is 0 Å². The van der Waals surface area contributed by atoms with E-state index in [1.165, 1.54) is 23.4 Å². The molecular weight excluding hydrogens is 418 g/mol. The Morgan fingerprint density at radius 1 is 1.10 bits per heavy atom. The Bertz CT molecular complexity index is 1060. The fourth-order valence-corrected chi connectivity index (χ4v) is 4.27. The maximum absolute atomic E-state index is 14.0. The van der Waals surface area contributed by atoms with Gasteiger partial charge in [-0.3, -0.25) is 0 Å². The minimum absolute atomic E-state index is 0.0421. The number of hydrogen-bond donors (Lipinski definition) is 1. The van der Waals surface area contributed by atoms with E-state index in [4.69, 9.17) is 0 Å². The molecule has 0 saturated carbocycles. The third-order valence-corrected chi connectivity index (χ3v) is 6.11. The van der Waals surface area contributed by atoms with Gasteiger partial charge in [-0.1, -0.05) is 62.0 Å². The summed E-state index contributed by atoms with van der Waals surface area (Å²) in [6.45, 7) is 6.48. The second-order valence-corrected chi connectivity index (χ2v) is 8.86. The van der Waals surface area contributed by atoms with Crippen molar-refractivity contribution in [3.63, 3.8) is 0 Å². The van der Waals surface area contributed by atoms with Crippen LogP contribution in [-0.4, -0.2) is 31.4 Å². The summed E-state index contributed by atoms with van der Waals surface area (Å²) in [7, 11) is 1.87. The van der Waals surface area contributed by atoms with Crippen LogP contribution in [0.25, 0.3) is 0 Å². The lowest BCUT2D eigenvalue weighted by Crippen LogP contribution is -2.09. The van der Waals surface area contributed by atoms with E-state index in [1.807, 2.05) is 11.6 Å². The SMILES string of the molecule is CC(C)Cc1ccc(C(C)c2nnc(SC/C(=N\O)c3ccc(F)cc3F)n2C)cc1.